The third kappa shape index (κ3) is 3.21. The molecule has 1 saturated heterocycles. The number of likely N-dealkylation sites (tertiary alicyclic amines) is 1. The van der Waals surface area contributed by atoms with Crippen molar-refractivity contribution in [3.05, 3.63) is 33.0 Å². The highest BCUT2D eigenvalue weighted by atomic mass is 79.9. The first-order valence-corrected chi connectivity index (χ1v) is 7.12. The van der Waals surface area contributed by atoms with Gasteiger partial charge in [-0.3, -0.25) is 4.90 Å². The molecule has 0 aromatic heterocycles. The van der Waals surface area contributed by atoms with Gasteiger partial charge in [0.25, 0.3) is 0 Å². The molecule has 1 aromatic rings. The van der Waals surface area contributed by atoms with Crippen LogP contribution in [0.5, 0.6) is 0 Å². The summed E-state index contributed by atoms with van der Waals surface area (Å²) >= 11 is 9.24. The van der Waals surface area contributed by atoms with Gasteiger partial charge in [-0.1, -0.05) is 18.0 Å². The quantitative estimate of drug-likeness (QED) is 0.719. The van der Waals surface area contributed by atoms with Gasteiger partial charge in [-0.25, -0.2) is 4.39 Å². The molecule has 1 aliphatic rings. The first-order chi connectivity index (χ1) is 8.08. The Labute approximate surface area is 115 Å². The number of halogens is 3. The van der Waals surface area contributed by atoms with Crippen molar-refractivity contribution >= 4 is 27.5 Å². The van der Waals surface area contributed by atoms with Gasteiger partial charge in [0.05, 0.1) is 5.02 Å². The summed E-state index contributed by atoms with van der Waals surface area (Å²) in [6.45, 7) is 3.91. The molecule has 1 aromatic carbocycles. The third-order valence-corrected chi connectivity index (χ3v) is 4.60. The molecular formula is C13H16BrClFN. The molecule has 94 valence electrons. The SMILES string of the molecule is CC1CCCCN1Cc1cc(Cl)c(Br)cc1F. The molecule has 1 heterocycles. The number of hydrogen-bond donors (Lipinski definition) is 0. The van der Waals surface area contributed by atoms with Crippen molar-refractivity contribution in [1.29, 1.82) is 0 Å². The van der Waals surface area contributed by atoms with Gasteiger partial charge in [-0.2, -0.15) is 0 Å². The summed E-state index contributed by atoms with van der Waals surface area (Å²) in [5, 5.41) is 0.575. The first kappa shape index (κ1) is 13.3. The van der Waals surface area contributed by atoms with Crippen LogP contribution in [0.3, 0.4) is 0 Å². The smallest absolute Gasteiger partial charge is 0.128 e. The average Bonchev–Trinajstić information content (AvgIpc) is 2.29. The minimum absolute atomic E-state index is 0.181. The van der Waals surface area contributed by atoms with Crippen LogP contribution in [0, 0.1) is 5.82 Å². The molecule has 1 fully saturated rings. The predicted molar refractivity (Wildman–Crippen MR) is 72.8 cm³/mol. The Kier molecular flexibility index (Phi) is 4.45. The van der Waals surface area contributed by atoms with Gasteiger partial charge in [0.1, 0.15) is 5.82 Å². The number of piperidine rings is 1. The zero-order chi connectivity index (χ0) is 12.4. The molecule has 1 atom stereocenters. The zero-order valence-corrected chi connectivity index (χ0v) is 12.2. The maximum atomic E-state index is 13.8. The van der Waals surface area contributed by atoms with Crippen molar-refractivity contribution in [2.24, 2.45) is 0 Å². The monoisotopic (exact) mass is 319 g/mol. The van der Waals surface area contributed by atoms with Gasteiger partial charge in [0.2, 0.25) is 0 Å². The summed E-state index contributed by atoms with van der Waals surface area (Å²) < 4.78 is 14.4. The number of nitrogens with zero attached hydrogens (tertiary/aromatic N) is 1. The Morgan fingerprint density at radius 3 is 2.94 bits per heavy atom. The van der Waals surface area contributed by atoms with E-state index in [0.717, 1.165) is 6.54 Å². The molecule has 0 spiro atoms. The van der Waals surface area contributed by atoms with Crippen LogP contribution >= 0.6 is 27.5 Å². The van der Waals surface area contributed by atoms with E-state index in [0.29, 0.717) is 27.6 Å². The molecule has 0 bridgehead atoms. The predicted octanol–water partition coefficient (Wildman–Crippen LogP) is 4.62. The fourth-order valence-corrected chi connectivity index (χ4v) is 2.80. The second kappa shape index (κ2) is 5.68. The molecule has 17 heavy (non-hydrogen) atoms. The van der Waals surface area contributed by atoms with Crippen molar-refractivity contribution in [2.75, 3.05) is 6.54 Å². The van der Waals surface area contributed by atoms with E-state index in [4.69, 9.17) is 11.6 Å². The maximum absolute atomic E-state index is 13.8. The van der Waals surface area contributed by atoms with E-state index < -0.39 is 0 Å². The van der Waals surface area contributed by atoms with Crippen molar-refractivity contribution in [3.63, 3.8) is 0 Å². The summed E-state index contributed by atoms with van der Waals surface area (Å²) in [7, 11) is 0. The average molecular weight is 321 g/mol. The maximum Gasteiger partial charge on any atom is 0.128 e. The number of hydrogen-bond acceptors (Lipinski definition) is 1. The van der Waals surface area contributed by atoms with Crippen LogP contribution in [0.15, 0.2) is 16.6 Å². The molecule has 1 aliphatic heterocycles. The van der Waals surface area contributed by atoms with E-state index in [1.54, 1.807) is 6.07 Å². The van der Waals surface area contributed by atoms with E-state index in [1.165, 1.54) is 25.3 Å². The van der Waals surface area contributed by atoms with Crippen LogP contribution in [0.1, 0.15) is 31.7 Å². The lowest BCUT2D eigenvalue weighted by molar-refractivity contribution is 0.151. The molecule has 0 saturated carbocycles. The molecule has 1 nitrogen and oxygen atoms in total. The van der Waals surface area contributed by atoms with Gasteiger partial charge in [0.15, 0.2) is 0 Å². The zero-order valence-electron chi connectivity index (χ0n) is 9.85. The van der Waals surface area contributed by atoms with E-state index in [9.17, 15) is 4.39 Å². The minimum atomic E-state index is -0.181. The largest absolute Gasteiger partial charge is 0.296 e. The van der Waals surface area contributed by atoms with Crippen LogP contribution in [0.4, 0.5) is 4.39 Å². The standard InChI is InChI=1S/C13H16BrClFN/c1-9-4-2-3-5-17(9)8-10-6-12(15)11(14)7-13(10)16/h6-7,9H,2-5,8H2,1H3. The van der Waals surface area contributed by atoms with Crippen LogP contribution < -0.4 is 0 Å². The number of rotatable bonds is 2. The Morgan fingerprint density at radius 2 is 2.24 bits per heavy atom. The summed E-state index contributed by atoms with van der Waals surface area (Å²) in [6.07, 6.45) is 3.68. The van der Waals surface area contributed by atoms with Gasteiger partial charge >= 0.3 is 0 Å². The van der Waals surface area contributed by atoms with Gasteiger partial charge in [0, 0.05) is 22.6 Å². The van der Waals surface area contributed by atoms with Gasteiger partial charge < -0.3 is 0 Å². The summed E-state index contributed by atoms with van der Waals surface area (Å²) in [5.41, 5.74) is 0.687. The molecule has 0 N–H and O–H groups in total. The van der Waals surface area contributed by atoms with Crippen LogP contribution in [0.25, 0.3) is 0 Å². The normalized spacial score (nSPS) is 21.8. The van der Waals surface area contributed by atoms with Crippen LogP contribution in [0.2, 0.25) is 5.02 Å². The molecule has 2 rings (SSSR count). The molecule has 4 heteroatoms. The molecular weight excluding hydrogens is 305 g/mol. The second-order valence-corrected chi connectivity index (χ2v) is 5.93. The van der Waals surface area contributed by atoms with Crippen molar-refractivity contribution < 1.29 is 4.39 Å². The fraction of sp³-hybridized carbons (Fsp3) is 0.538. The van der Waals surface area contributed by atoms with E-state index in [1.807, 2.05) is 0 Å². The number of benzene rings is 1. The van der Waals surface area contributed by atoms with E-state index >= 15 is 0 Å². The highest BCUT2D eigenvalue weighted by molar-refractivity contribution is 9.10. The molecule has 0 radical (unpaired) electrons. The topological polar surface area (TPSA) is 3.24 Å². The van der Waals surface area contributed by atoms with Crippen LogP contribution in [-0.4, -0.2) is 17.5 Å². The van der Waals surface area contributed by atoms with E-state index in [-0.39, 0.29) is 5.82 Å². The highest BCUT2D eigenvalue weighted by Gasteiger charge is 2.19. The van der Waals surface area contributed by atoms with Crippen molar-refractivity contribution in [3.8, 4) is 0 Å². The highest BCUT2D eigenvalue weighted by Crippen LogP contribution is 2.27. The Morgan fingerprint density at radius 1 is 1.47 bits per heavy atom. The molecule has 0 amide bonds. The minimum Gasteiger partial charge on any atom is -0.296 e. The van der Waals surface area contributed by atoms with E-state index in [2.05, 4.69) is 27.8 Å². The van der Waals surface area contributed by atoms with Gasteiger partial charge in [-0.15, -0.1) is 0 Å². The summed E-state index contributed by atoms with van der Waals surface area (Å²) in [5.74, 6) is -0.181. The Bertz CT molecular complexity index is 411. The van der Waals surface area contributed by atoms with Crippen molar-refractivity contribution in [1.82, 2.24) is 4.90 Å². The lowest BCUT2D eigenvalue weighted by Gasteiger charge is -2.33. The fourth-order valence-electron chi connectivity index (χ4n) is 2.30. The summed E-state index contributed by atoms with van der Waals surface area (Å²) in [6, 6.07) is 3.71. The molecule has 0 aliphatic carbocycles. The lowest BCUT2D eigenvalue weighted by Crippen LogP contribution is -2.36. The second-order valence-electron chi connectivity index (χ2n) is 4.67. The molecule has 1 unspecified atom stereocenters. The van der Waals surface area contributed by atoms with Crippen LogP contribution in [-0.2, 0) is 6.54 Å². The third-order valence-electron chi connectivity index (χ3n) is 3.40. The van der Waals surface area contributed by atoms with Crippen molar-refractivity contribution in [2.45, 2.75) is 38.8 Å². The lowest BCUT2D eigenvalue weighted by atomic mass is 10.0. The Hall–Kier alpha value is -0.120. The summed E-state index contributed by atoms with van der Waals surface area (Å²) in [4.78, 5) is 2.33. The first-order valence-electron chi connectivity index (χ1n) is 5.95. The Balaban J connectivity index is 2.15. The van der Waals surface area contributed by atoms with Gasteiger partial charge in [-0.05, 0) is 54.4 Å².